The molecule has 0 aromatic heterocycles. The van der Waals surface area contributed by atoms with Gasteiger partial charge in [0.05, 0.1) is 23.5 Å². The molecule has 6 heteroatoms. The maximum atomic E-state index is 11.3. The Labute approximate surface area is 98.0 Å². The van der Waals surface area contributed by atoms with Gasteiger partial charge >= 0.3 is 5.97 Å². The van der Waals surface area contributed by atoms with Crippen molar-refractivity contribution in [3.63, 3.8) is 0 Å². The number of nitrogens with two attached hydrogens (primary N) is 1. The van der Waals surface area contributed by atoms with Crippen molar-refractivity contribution in [2.75, 3.05) is 30.3 Å². The highest BCUT2D eigenvalue weighted by Gasteiger charge is 2.19. The third-order valence-electron chi connectivity index (χ3n) is 2.66. The minimum atomic E-state index is -1.01. The second-order valence-electron chi connectivity index (χ2n) is 3.85. The van der Waals surface area contributed by atoms with Gasteiger partial charge < -0.3 is 21.1 Å². The number of aromatic carboxylic acids is 1. The van der Waals surface area contributed by atoms with Gasteiger partial charge in [-0.15, -0.1) is 0 Å². The van der Waals surface area contributed by atoms with Crippen LogP contribution in [0.1, 0.15) is 10.4 Å². The van der Waals surface area contributed by atoms with Crippen LogP contribution in [-0.4, -0.2) is 36.6 Å². The summed E-state index contributed by atoms with van der Waals surface area (Å²) in [5.41, 5.74) is 7.04. The molecule has 0 radical (unpaired) electrons. The fraction of sp³-hybridized carbons (Fsp3) is 0.273. The number of carboxylic acid groups (broad SMARTS) is 1. The molecule has 17 heavy (non-hydrogen) atoms. The molecule has 4 N–H and O–H groups in total. The molecule has 2 rings (SSSR count). The van der Waals surface area contributed by atoms with E-state index >= 15 is 0 Å². The second kappa shape index (κ2) is 4.32. The van der Waals surface area contributed by atoms with Crippen molar-refractivity contribution in [2.45, 2.75) is 0 Å². The number of hydrogen-bond donors (Lipinski definition) is 3. The van der Waals surface area contributed by atoms with E-state index in [0.29, 0.717) is 24.5 Å². The van der Waals surface area contributed by atoms with E-state index in [-0.39, 0.29) is 18.0 Å². The number of nitrogens with zero attached hydrogens (tertiary/aromatic N) is 1. The summed E-state index contributed by atoms with van der Waals surface area (Å²) in [6.07, 6.45) is 0. The van der Waals surface area contributed by atoms with E-state index in [1.807, 2.05) is 0 Å². The molecule has 0 bridgehead atoms. The molecular weight excluding hydrogens is 222 g/mol. The third kappa shape index (κ3) is 2.30. The fourth-order valence-corrected chi connectivity index (χ4v) is 1.79. The maximum Gasteiger partial charge on any atom is 0.335 e. The fourth-order valence-electron chi connectivity index (χ4n) is 1.79. The van der Waals surface area contributed by atoms with Crippen LogP contribution >= 0.6 is 0 Å². The van der Waals surface area contributed by atoms with Gasteiger partial charge in [0, 0.05) is 13.1 Å². The molecule has 0 spiro atoms. The van der Waals surface area contributed by atoms with E-state index in [1.54, 1.807) is 11.0 Å². The maximum absolute atomic E-state index is 11.3. The van der Waals surface area contributed by atoms with Gasteiger partial charge in [0.2, 0.25) is 5.91 Å². The number of amides is 1. The van der Waals surface area contributed by atoms with Crippen LogP contribution in [0.5, 0.6) is 0 Å². The van der Waals surface area contributed by atoms with Crippen LogP contribution in [0.25, 0.3) is 0 Å². The molecule has 1 aromatic carbocycles. The van der Waals surface area contributed by atoms with Crippen LogP contribution in [0.3, 0.4) is 0 Å². The van der Waals surface area contributed by atoms with E-state index < -0.39 is 5.97 Å². The standard InChI is InChI=1S/C11H13N3O3/c12-8-2-1-7(11(16)17)5-9(8)14-4-3-13-10(15)6-14/h1-2,5H,3-4,6,12H2,(H,13,15)(H,16,17). The predicted molar refractivity (Wildman–Crippen MR) is 63.0 cm³/mol. The Morgan fingerprint density at radius 3 is 2.88 bits per heavy atom. The number of hydrogen-bond acceptors (Lipinski definition) is 4. The Balaban J connectivity index is 2.33. The van der Waals surface area contributed by atoms with Gasteiger partial charge in [-0.1, -0.05) is 0 Å². The summed E-state index contributed by atoms with van der Waals surface area (Å²) >= 11 is 0. The minimum Gasteiger partial charge on any atom is -0.478 e. The average Bonchev–Trinajstić information content (AvgIpc) is 2.29. The quantitative estimate of drug-likeness (QED) is 0.622. The van der Waals surface area contributed by atoms with Gasteiger partial charge in [0.1, 0.15) is 0 Å². The molecule has 1 aliphatic rings. The Hall–Kier alpha value is -2.24. The zero-order chi connectivity index (χ0) is 12.4. The lowest BCUT2D eigenvalue weighted by atomic mass is 10.1. The zero-order valence-electron chi connectivity index (χ0n) is 9.14. The Morgan fingerprint density at radius 1 is 1.47 bits per heavy atom. The number of nitrogen functional groups attached to an aromatic ring is 1. The van der Waals surface area contributed by atoms with Crippen molar-refractivity contribution < 1.29 is 14.7 Å². The molecule has 6 nitrogen and oxygen atoms in total. The van der Waals surface area contributed by atoms with Crippen LogP contribution in [0.15, 0.2) is 18.2 Å². The summed E-state index contributed by atoms with van der Waals surface area (Å²) in [4.78, 5) is 23.9. The van der Waals surface area contributed by atoms with Crippen molar-refractivity contribution in [2.24, 2.45) is 0 Å². The van der Waals surface area contributed by atoms with Crippen LogP contribution in [0, 0.1) is 0 Å². The summed E-state index contributed by atoms with van der Waals surface area (Å²) in [6.45, 7) is 1.36. The highest BCUT2D eigenvalue weighted by atomic mass is 16.4. The lowest BCUT2D eigenvalue weighted by Crippen LogP contribution is -2.47. The SMILES string of the molecule is Nc1ccc(C(=O)O)cc1N1CCNC(=O)C1. The van der Waals surface area contributed by atoms with Crippen molar-refractivity contribution in [3.05, 3.63) is 23.8 Å². The zero-order valence-corrected chi connectivity index (χ0v) is 9.14. The largest absolute Gasteiger partial charge is 0.478 e. The topological polar surface area (TPSA) is 95.7 Å². The molecular formula is C11H13N3O3. The van der Waals surface area contributed by atoms with Crippen molar-refractivity contribution in [1.29, 1.82) is 0 Å². The average molecular weight is 235 g/mol. The van der Waals surface area contributed by atoms with Gasteiger partial charge in [-0.3, -0.25) is 4.79 Å². The summed E-state index contributed by atoms with van der Waals surface area (Å²) in [7, 11) is 0. The van der Waals surface area contributed by atoms with Gasteiger partial charge in [-0.25, -0.2) is 4.79 Å². The third-order valence-corrected chi connectivity index (χ3v) is 2.66. The van der Waals surface area contributed by atoms with Gasteiger partial charge in [-0.05, 0) is 18.2 Å². The lowest BCUT2D eigenvalue weighted by Gasteiger charge is -2.29. The summed E-state index contributed by atoms with van der Waals surface area (Å²) in [6, 6.07) is 4.49. The number of piperazine rings is 1. The Morgan fingerprint density at radius 2 is 2.24 bits per heavy atom. The van der Waals surface area contributed by atoms with Crippen molar-refractivity contribution in [1.82, 2.24) is 5.32 Å². The highest BCUT2D eigenvalue weighted by molar-refractivity contribution is 5.91. The first-order valence-corrected chi connectivity index (χ1v) is 5.22. The van der Waals surface area contributed by atoms with Crippen LogP contribution < -0.4 is 16.0 Å². The predicted octanol–water partition coefficient (Wildman–Crippen LogP) is -0.0968. The molecule has 90 valence electrons. The van der Waals surface area contributed by atoms with Crippen LogP contribution in [0.4, 0.5) is 11.4 Å². The number of anilines is 2. The second-order valence-corrected chi connectivity index (χ2v) is 3.85. The van der Waals surface area contributed by atoms with E-state index in [2.05, 4.69) is 5.32 Å². The van der Waals surface area contributed by atoms with E-state index in [9.17, 15) is 9.59 Å². The Bertz CT molecular complexity index is 473. The minimum absolute atomic E-state index is 0.0867. The number of benzene rings is 1. The number of carbonyl (C=O) groups excluding carboxylic acids is 1. The molecule has 0 saturated carbocycles. The van der Waals surface area contributed by atoms with E-state index in [0.717, 1.165) is 0 Å². The normalized spacial score (nSPS) is 15.5. The summed E-state index contributed by atoms with van der Waals surface area (Å²) in [5.74, 6) is -1.09. The van der Waals surface area contributed by atoms with Crippen LogP contribution in [-0.2, 0) is 4.79 Å². The molecule has 0 atom stereocenters. The van der Waals surface area contributed by atoms with Gasteiger partial charge in [-0.2, -0.15) is 0 Å². The lowest BCUT2D eigenvalue weighted by molar-refractivity contribution is -0.120. The number of carbonyl (C=O) groups is 2. The van der Waals surface area contributed by atoms with E-state index in [4.69, 9.17) is 10.8 Å². The molecule has 1 fully saturated rings. The molecule has 1 heterocycles. The number of rotatable bonds is 2. The van der Waals surface area contributed by atoms with Crippen LogP contribution in [0.2, 0.25) is 0 Å². The first-order chi connectivity index (χ1) is 8.08. The smallest absolute Gasteiger partial charge is 0.335 e. The number of carboxylic acids is 1. The highest BCUT2D eigenvalue weighted by Crippen LogP contribution is 2.25. The summed E-state index contributed by atoms with van der Waals surface area (Å²) < 4.78 is 0. The first-order valence-electron chi connectivity index (χ1n) is 5.22. The molecule has 1 saturated heterocycles. The van der Waals surface area contributed by atoms with Gasteiger partial charge in [0.25, 0.3) is 0 Å². The summed E-state index contributed by atoms with van der Waals surface area (Å²) in [5, 5.41) is 11.6. The van der Waals surface area contributed by atoms with Crippen molar-refractivity contribution >= 4 is 23.3 Å². The number of nitrogens with one attached hydrogen (secondary N) is 1. The monoisotopic (exact) mass is 235 g/mol. The molecule has 1 aliphatic heterocycles. The van der Waals surface area contributed by atoms with E-state index in [1.165, 1.54) is 12.1 Å². The molecule has 0 aliphatic carbocycles. The Kier molecular flexibility index (Phi) is 2.86. The van der Waals surface area contributed by atoms with Crippen molar-refractivity contribution in [3.8, 4) is 0 Å². The first kappa shape index (κ1) is 11.3. The molecule has 1 aromatic rings. The molecule has 1 amide bonds. The molecule has 0 unspecified atom stereocenters. The van der Waals surface area contributed by atoms with Gasteiger partial charge in [0.15, 0.2) is 0 Å².